The van der Waals surface area contributed by atoms with E-state index in [9.17, 15) is 5.26 Å². The number of aryl methyl sites for hydroxylation is 1. The van der Waals surface area contributed by atoms with Crippen LogP contribution in [0.1, 0.15) is 38.7 Å². The van der Waals surface area contributed by atoms with Crippen LogP contribution in [0.3, 0.4) is 0 Å². The molecule has 0 bridgehead atoms. The maximum atomic E-state index is 9.34. The lowest BCUT2D eigenvalue weighted by Gasteiger charge is -2.23. The average Bonchev–Trinajstić information content (AvgIpc) is 3.31. The summed E-state index contributed by atoms with van der Waals surface area (Å²) < 4.78 is 11.2. The maximum absolute atomic E-state index is 9.34. The van der Waals surface area contributed by atoms with Crippen LogP contribution in [0.5, 0.6) is 11.5 Å². The summed E-state index contributed by atoms with van der Waals surface area (Å²) in [4.78, 5) is 0. The van der Waals surface area contributed by atoms with Crippen LogP contribution in [0, 0.1) is 11.3 Å². The number of nitriles is 1. The molecule has 0 saturated heterocycles. The minimum Gasteiger partial charge on any atom is -0.493 e. The van der Waals surface area contributed by atoms with Crippen LogP contribution in [-0.2, 0) is 6.42 Å². The lowest BCUT2D eigenvalue weighted by molar-refractivity contribution is 0.254. The van der Waals surface area contributed by atoms with Gasteiger partial charge in [-0.1, -0.05) is 13.0 Å². The van der Waals surface area contributed by atoms with Gasteiger partial charge in [0, 0.05) is 12.5 Å². The van der Waals surface area contributed by atoms with E-state index in [2.05, 4.69) is 18.3 Å². The van der Waals surface area contributed by atoms with E-state index < -0.39 is 5.54 Å². The Morgan fingerprint density at radius 2 is 2.14 bits per heavy atom. The quantitative estimate of drug-likeness (QED) is 0.798. The highest BCUT2D eigenvalue weighted by molar-refractivity contribution is 5.42. The lowest BCUT2D eigenvalue weighted by Crippen LogP contribution is -2.43. The smallest absolute Gasteiger partial charge is 0.161 e. The Morgan fingerprint density at radius 3 is 2.71 bits per heavy atom. The number of ether oxygens (including phenoxy) is 2. The Morgan fingerprint density at radius 1 is 1.38 bits per heavy atom. The molecule has 1 aromatic carbocycles. The van der Waals surface area contributed by atoms with Crippen molar-refractivity contribution in [2.24, 2.45) is 0 Å². The topological polar surface area (TPSA) is 54.3 Å². The number of rotatable bonds is 8. The third kappa shape index (κ3) is 4.37. The van der Waals surface area contributed by atoms with E-state index in [4.69, 9.17) is 9.47 Å². The number of hydrogen-bond donors (Lipinski definition) is 1. The number of hydrogen-bond acceptors (Lipinski definition) is 4. The fraction of sp³-hybridized carbons (Fsp3) is 0.588. The third-order valence-electron chi connectivity index (χ3n) is 3.84. The highest BCUT2D eigenvalue weighted by Gasteiger charge is 2.32. The summed E-state index contributed by atoms with van der Waals surface area (Å²) in [6, 6.07) is 8.85. The summed E-state index contributed by atoms with van der Waals surface area (Å²) in [6.45, 7) is 4.54. The monoisotopic (exact) mass is 288 g/mol. The van der Waals surface area contributed by atoms with Gasteiger partial charge in [-0.15, -0.1) is 0 Å². The Balaban J connectivity index is 1.91. The van der Waals surface area contributed by atoms with Crippen LogP contribution < -0.4 is 14.8 Å². The van der Waals surface area contributed by atoms with Crippen molar-refractivity contribution in [1.29, 1.82) is 5.26 Å². The van der Waals surface area contributed by atoms with Crippen molar-refractivity contribution >= 4 is 0 Å². The minimum atomic E-state index is -0.516. The largest absolute Gasteiger partial charge is 0.493 e. The van der Waals surface area contributed by atoms with E-state index in [1.807, 2.05) is 25.1 Å². The van der Waals surface area contributed by atoms with Gasteiger partial charge in [-0.25, -0.2) is 0 Å². The first-order valence-corrected chi connectivity index (χ1v) is 7.59. The predicted octanol–water partition coefficient (Wildman–Crippen LogP) is 3.06. The zero-order valence-corrected chi connectivity index (χ0v) is 13.1. The van der Waals surface area contributed by atoms with Crippen LogP contribution in [0.4, 0.5) is 0 Å². The molecule has 1 N–H and O–H groups in total. The highest BCUT2D eigenvalue weighted by Crippen LogP contribution is 2.29. The second-order valence-corrected chi connectivity index (χ2v) is 5.80. The van der Waals surface area contributed by atoms with E-state index in [-0.39, 0.29) is 0 Å². The van der Waals surface area contributed by atoms with Crippen molar-refractivity contribution in [3.05, 3.63) is 23.8 Å². The third-order valence-corrected chi connectivity index (χ3v) is 3.84. The summed E-state index contributed by atoms with van der Waals surface area (Å²) in [5.41, 5.74) is 0.703. The first kappa shape index (κ1) is 15.7. The average molecular weight is 288 g/mol. The van der Waals surface area contributed by atoms with Gasteiger partial charge in [-0.05, 0) is 43.9 Å². The second kappa shape index (κ2) is 6.82. The van der Waals surface area contributed by atoms with Crippen molar-refractivity contribution in [3.8, 4) is 17.6 Å². The Kier molecular flexibility index (Phi) is 5.08. The molecule has 0 radical (unpaired) electrons. The molecule has 0 aliphatic heterocycles. The molecule has 1 atom stereocenters. The van der Waals surface area contributed by atoms with Crippen molar-refractivity contribution in [3.63, 3.8) is 0 Å². The van der Waals surface area contributed by atoms with Crippen LogP contribution in [0.25, 0.3) is 0 Å². The lowest BCUT2D eigenvalue weighted by atomic mass is 10.0. The molecule has 4 nitrogen and oxygen atoms in total. The van der Waals surface area contributed by atoms with E-state index in [0.29, 0.717) is 19.1 Å². The molecule has 4 heteroatoms. The first-order valence-electron chi connectivity index (χ1n) is 7.59. The molecule has 1 unspecified atom stereocenters. The number of nitrogens with one attached hydrogen (secondary N) is 1. The van der Waals surface area contributed by atoms with Gasteiger partial charge in [0.1, 0.15) is 5.54 Å². The van der Waals surface area contributed by atoms with Crippen molar-refractivity contribution < 1.29 is 9.47 Å². The van der Waals surface area contributed by atoms with Gasteiger partial charge in [-0.2, -0.15) is 5.26 Å². The summed E-state index contributed by atoms with van der Waals surface area (Å²) in [6.07, 6.45) is 3.96. The summed E-state index contributed by atoms with van der Waals surface area (Å²) >= 11 is 0. The van der Waals surface area contributed by atoms with Gasteiger partial charge < -0.3 is 9.47 Å². The molecule has 1 saturated carbocycles. The standard InChI is InChI=1S/C17H24N2O2/c1-4-13-5-8-15(16(11-13)20-3)21-10-9-17(2,12-18)19-14-6-7-14/h5,8,11,14,19H,4,6-7,9-10H2,1-3H3. The number of benzene rings is 1. The maximum Gasteiger partial charge on any atom is 0.161 e. The molecule has 0 amide bonds. The fourth-order valence-electron chi connectivity index (χ4n) is 2.25. The molecule has 1 aliphatic carbocycles. The molecule has 1 aromatic rings. The van der Waals surface area contributed by atoms with E-state index in [0.717, 1.165) is 17.9 Å². The fourth-order valence-corrected chi connectivity index (χ4v) is 2.25. The zero-order valence-electron chi connectivity index (χ0n) is 13.1. The van der Waals surface area contributed by atoms with Crippen molar-refractivity contribution in [1.82, 2.24) is 5.32 Å². The summed E-state index contributed by atoms with van der Waals surface area (Å²) in [7, 11) is 1.65. The first-order chi connectivity index (χ1) is 10.1. The SMILES string of the molecule is CCc1ccc(OCCC(C)(C#N)NC2CC2)c(OC)c1. The predicted molar refractivity (Wildman–Crippen MR) is 82.7 cm³/mol. The number of methoxy groups -OCH3 is 1. The minimum absolute atomic E-state index is 0.492. The normalized spacial score (nSPS) is 16.9. The van der Waals surface area contributed by atoms with Gasteiger partial charge in [0.15, 0.2) is 11.5 Å². The molecular weight excluding hydrogens is 264 g/mol. The second-order valence-electron chi connectivity index (χ2n) is 5.80. The van der Waals surface area contributed by atoms with Crippen molar-refractivity contribution in [2.75, 3.05) is 13.7 Å². The molecule has 0 heterocycles. The van der Waals surface area contributed by atoms with E-state index in [1.165, 1.54) is 18.4 Å². The molecule has 1 fully saturated rings. The summed E-state index contributed by atoms with van der Waals surface area (Å²) in [5, 5.41) is 12.7. The molecule has 0 spiro atoms. The molecular formula is C17H24N2O2. The molecule has 0 aromatic heterocycles. The zero-order chi connectivity index (χ0) is 15.3. The highest BCUT2D eigenvalue weighted by atomic mass is 16.5. The van der Waals surface area contributed by atoms with Crippen molar-refractivity contribution in [2.45, 2.75) is 51.1 Å². The van der Waals surface area contributed by atoms with Gasteiger partial charge in [0.05, 0.1) is 19.8 Å². The van der Waals surface area contributed by atoms with Gasteiger partial charge >= 0.3 is 0 Å². The van der Waals surface area contributed by atoms with Crippen LogP contribution in [0.15, 0.2) is 18.2 Å². The Labute approximate surface area is 127 Å². The van der Waals surface area contributed by atoms with Gasteiger partial charge in [0.2, 0.25) is 0 Å². The molecule has 1 aliphatic rings. The number of nitrogens with zero attached hydrogens (tertiary/aromatic N) is 1. The van der Waals surface area contributed by atoms with Crippen LogP contribution >= 0.6 is 0 Å². The van der Waals surface area contributed by atoms with E-state index >= 15 is 0 Å². The van der Waals surface area contributed by atoms with Crippen LogP contribution in [-0.4, -0.2) is 25.3 Å². The molecule has 2 rings (SSSR count). The summed E-state index contributed by atoms with van der Waals surface area (Å²) in [5.74, 6) is 1.49. The Hall–Kier alpha value is -1.73. The van der Waals surface area contributed by atoms with Gasteiger partial charge in [0.25, 0.3) is 0 Å². The van der Waals surface area contributed by atoms with E-state index in [1.54, 1.807) is 7.11 Å². The molecule has 114 valence electrons. The van der Waals surface area contributed by atoms with Gasteiger partial charge in [-0.3, -0.25) is 5.32 Å². The Bertz CT molecular complexity index is 520. The molecule has 21 heavy (non-hydrogen) atoms. The van der Waals surface area contributed by atoms with Crippen LogP contribution in [0.2, 0.25) is 0 Å².